The monoisotopic (exact) mass is 518 g/mol. The second-order valence-corrected chi connectivity index (χ2v) is 13.9. The molecule has 0 amide bonds. The molecule has 35 heavy (non-hydrogen) atoms. The van der Waals surface area contributed by atoms with Gasteiger partial charge in [-0.2, -0.15) is 0 Å². The highest BCUT2D eigenvalue weighted by Gasteiger charge is 2.25. The highest BCUT2D eigenvalue weighted by Crippen LogP contribution is 2.42. The average Bonchev–Trinajstić information content (AvgIpc) is 2.77. The quantitative estimate of drug-likeness (QED) is 0.0708. The average molecular weight is 519 g/mol. The molecular weight excluding hydrogens is 457 g/mol. The van der Waals surface area contributed by atoms with E-state index in [4.69, 9.17) is 4.52 Å². The van der Waals surface area contributed by atoms with Gasteiger partial charge in [-0.05, 0) is 19.3 Å². The molecule has 0 saturated carbocycles. The molecule has 0 radical (unpaired) electrons. The Morgan fingerprint density at radius 3 is 1.54 bits per heavy atom. The van der Waals surface area contributed by atoms with Gasteiger partial charge in [0.1, 0.15) is 5.78 Å². The van der Waals surface area contributed by atoms with Gasteiger partial charge >= 0.3 is 7.60 Å². The van der Waals surface area contributed by atoms with Crippen molar-refractivity contribution in [2.24, 2.45) is 5.92 Å². The number of Topliss-reactive ketones (excluding diaryl/α,β-unsaturated/α-hetero) is 1. The maximum Gasteiger partial charge on any atom is 0.333 e. The third kappa shape index (κ3) is 26.6. The molecule has 0 aromatic heterocycles. The molecule has 0 aliphatic carbocycles. The van der Waals surface area contributed by atoms with E-state index in [1.807, 2.05) is 21.1 Å². The van der Waals surface area contributed by atoms with E-state index in [1.165, 1.54) is 103 Å². The minimum atomic E-state index is -3.59. The Balaban J connectivity index is 3.72. The van der Waals surface area contributed by atoms with Crippen LogP contribution in [-0.4, -0.2) is 55.6 Å². The van der Waals surface area contributed by atoms with Crippen molar-refractivity contribution in [3.05, 3.63) is 0 Å². The molecule has 5 nitrogen and oxygen atoms in total. The largest absolute Gasteiger partial charge is 0.333 e. The molecule has 2 atom stereocenters. The summed E-state index contributed by atoms with van der Waals surface area (Å²) < 4.78 is 18.4. The maximum absolute atomic E-state index is 12.3. The van der Waals surface area contributed by atoms with Crippen molar-refractivity contribution >= 4 is 13.4 Å². The molecule has 2 unspecified atom stereocenters. The van der Waals surface area contributed by atoms with Gasteiger partial charge in [-0.15, -0.1) is 0 Å². The number of nitrogens with zero attached hydrogens (tertiary/aromatic N) is 1. The fourth-order valence-corrected chi connectivity index (χ4v) is 5.95. The van der Waals surface area contributed by atoms with E-state index in [2.05, 4.69) is 6.92 Å². The molecule has 0 aromatic carbocycles. The molecule has 6 heteroatoms. The molecule has 0 rings (SSSR count). The zero-order valence-electron chi connectivity index (χ0n) is 24.2. The predicted octanol–water partition coefficient (Wildman–Crippen LogP) is 8.53. The van der Waals surface area contributed by atoms with Crippen LogP contribution in [0.15, 0.2) is 0 Å². The van der Waals surface area contributed by atoms with Crippen LogP contribution in [0.3, 0.4) is 0 Å². The lowest BCUT2D eigenvalue weighted by atomic mass is 9.96. The Hall–Kier alpha value is -0.220. The fourth-order valence-electron chi connectivity index (χ4n) is 4.52. The van der Waals surface area contributed by atoms with E-state index in [9.17, 15) is 14.3 Å². The summed E-state index contributed by atoms with van der Waals surface area (Å²) in [5.74, 6) is 0.179. The number of ketones is 1. The molecular formula is C29H61NO4P+. The predicted molar refractivity (Wildman–Crippen MR) is 151 cm³/mol. The Kier molecular flexibility index (Phi) is 21.7. The van der Waals surface area contributed by atoms with E-state index in [-0.39, 0.29) is 24.5 Å². The molecule has 0 aromatic rings. The number of unbranched alkanes of at least 4 members (excludes halogenated alkanes) is 16. The van der Waals surface area contributed by atoms with Crippen LogP contribution in [0.2, 0.25) is 0 Å². The number of rotatable bonds is 26. The van der Waals surface area contributed by atoms with E-state index >= 15 is 0 Å². The van der Waals surface area contributed by atoms with Crippen LogP contribution in [0.25, 0.3) is 0 Å². The van der Waals surface area contributed by atoms with E-state index < -0.39 is 7.60 Å². The zero-order chi connectivity index (χ0) is 26.4. The zero-order valence-corrected chi connectivity index (χ0v) is 25.1. The standard InChI is InChI=1S/C29H60NO4P/c1-6-7-8-9-10-11-12-13-14-15-16-17-18-19-20-21-22-23-29(26-28(2)31)27-34-35(32,33)25-24-30(3,4)5/h29H,6-27H2,1-5H3/p+1. The van der Waals surface area contributed by atoms with E-state index in [1.54, 1.807) is 6.92 Å². The summed E-state index contributed by atoms with van der Waals surface area (Å²) >= 11 is 0. The van der Waals surface area contributed by atoms with Crippen molar-refractivity contribution in [3.8, 4) is 0 Å². The molecule has 0 heterocycles. The molecule has 0 aliphatic rings. The molecule has 0 spiro atoms. The third-order valence-corrected chi connectivity index (χ3v) is 8.18. The van der Waals surface area contributed by atoms with Crippen molar-refractivity contribution in [1.82, 2.24) is 0 Å². The minimum absolute atomic E-state index is 0.0495. The van der Waals surface area contributed by atoms with Crippen molar-refractivity contribution in [3.63, 3.8) is 0 Å². The SMILES string of the molecule is CCCCCCCCCCCCCCCCCCCC(COP(=O)(O)CC[N+](C)(C)C)CC(C)=O. The first kappa shape index (κ1) is 34.8. The Labute approximate surface area is 218 Å². The normalized spacial score (nSPS) is 14.7. The summed E-state index contributed by atoms with van der Waals surface area (Å²) in [7, 11) is 2.40. The molecule has 0 aliphatic heterocycles. The molecule has 210 valence electrons. The Morgan fingerprint density at radius 1 is 0.771 bits per heavy atom. The second-order valence-electron chi connectivity index (χ2n) is 11.9. The summed E-state index contributed by atoms with van der Waals surface area (Å²) in [6.07, 6.45) is 24.4. The van der Waals surface area contributed by atoms with Crippen LogP contribution in [0.1, 0.15) is 136 Å². The Bertz CT molecular complexity index is 547. The fraction of sp³-hybridized carbons (Fsp3) is 0.966. The highest BCUT2D eigenvalue weighted by atomic mass is 31.2. The summed E-state index contributed by atoms with van der Waals surface area (Å²) in [6.45, 7) is 4.67. The number of carbonyl (C=O) groups excluding carboxylic acids is 1. The highest BCUT2D eigenvalue weighted by molar-refractivity contribution is 7.52. The van der Waals surface area contributed by atoms with Gasteiger partial charge in [-0.25, -0.2) is 0 Å². The lowest BCUT2D eigenvalue weighted by Crippen LogP contribution is -2.37. The lowest BCUT2D eigenvalue weighted by molar-refractivity contribution is -0.867. The van der Waals surface area contributed by atoms with Crippen LogP contribution < -0.4 is 0 Å². The molecule has 0 saturated heterocycles. The number of hydrogen-bond acceptors (Lipinski definition) is 3. The molecule has 0 fully saturated rings. The summed E-state index contributed by atoms with van der Waals surface area (Å²) in [6, 6.07) is 0. The number of carbonyl (C=O) groups is 1. The lowest BCUT2D eigenvalue weighted by Gasteiger charge is -2.25. The first-order chi connectivity index (χ1) is 16.6. The van der Waals surface area contributed by atoms with E-state index in [0.29, 0.717) is 17.4 Å². The second kappa shape index (κ2) is 21.8. The summed E-state index contributed by atoms with van der Waals surface area (Å²) in [5.41, 5.74) is 0. The Morgan fingerprint density at radius 2 is 1.17 bits per heavy atom. The first-order valence-corrected chi connectivity index (χ1v) is 16.6. The van der Waals surface area contributed by atoms with Gasteiger partial charge in [0.15, 0.2) is 0 Å². The van der Waals surface area contributed by atoms with Gasteiger partial charge < -0.3 is 18.7 Å². The van der Waals surface area contributed by atoms with Crippen LogP contribution >= 0.6 is 7.60 Å². The maximum atomic E-state index is 12.3. The first-order valence-electron chi connectivity index (χ1n) is 14.8. The van der Waals surface area contributed by atoms with Crippen LogP contribution in [0.5, 0.6) is 0 Å². The van der Waals surface area contributed by atoms with Crippen molar-refractivity contribution in [2.75, 3.05) is 40.5 Å². The van der Waals surface area contributed by atoms with Gasteiger partial charge in [-0.1, -0.05) is 116 Å². The van der Waals surface area contributed by atoms with Crippen LogP contribution in [-0.2, 0) is 13.9 Å². The van der Waals surface area contributed by atoms with Crippen molar-refractivity contribution in [2.45, 2.75) is 136 Å². The van der Waals surface area contributed by atoms with Gasteiger partial charge in [-0.3, -0.25) is 4.57 Å². The van der Waals surface area contributed by atoms with Gasteiger partial charge in [0.05, 0.1) is 40.5 Å². The van der Waals surface area contributed by atoms with E-state index in [0.717, 1.165) is 12.8 Å². The number of quaternary nitrogens is 1. The molecule has 0 bridgehead atoms. The van der Waals surface area contributed by atoms with Gasteiger partial charge in [0.25, 0.3) is 0 Å². The topological polar surface area (TPSA) is 63.6 Å². The van der Waals surface area contributed by atoms with Crippen LogP contribution in [0.4, 0.5) is 0 Å². The number of hydrogen-bond donors (Lipinski definition) is 1. The van der Waals surface area contributed by atoms with Crippen LogP contribution in [0, 0.1) is 5.92 Å². The molecule has 1 N–H and O–H groups in total. The van der Waals surface area contributed by atoms with Gasteiger partial charge in [0, 0.05) is 6.42 Å². The smallest absolute Gasteiger partial charge is 0.330 e. The van der Waals surface area contributed by atoms with Gasteiger partial charge in [0.2, 0.25) is 0 Å². The van der Waals surface area contributed by atoms with Crippen molar-refractivity contribution in [1.29, 1.82) is 0 Å². The summed E-state index contributed by atoms with van der Waals surface area (Å²) in [5, 5.41) is 0. The third-order valence-electron chi connectivity index (χ3n) is 6.86. The van der Waals surface area contributed by atoms with Crippen molar-refractivity contribution < 1.29 is 23.3 Å². The summed E-state index contributed by atoms with van der Waals surface area (Å²) in [4.78, 5) is 21.7. The minimum Gasteiger partial charge on any atom is -0.330 e.